The minimum Gasteiger partial charge on any atom is -0.391 e. The average Bonchev–Trinajstić information content (AvgIpc) is 2.65. The van der Waals surface area contributed by atoms with E-state index < -0.39 is 18.1 Å². The highest BCUT2D eigenvalue weighted by molar-refractivity contribution is 6.28. The number of carbonyl (C=O) groups excluding carboxylic acids is 1. The van der Waals surface area contributed by atoms with Crippen molar-refractivity contribution in [3.8, 4) is 11.1 Å². The summed E-state index contributed by atoms with van der Waals surface area (Å²) in [6.45, 7) is 1.45. The molecule has 27 heavy (non-hydrogen) atoms. The molecule has 0 saturated heterocycles. The Kier molecular flexibility index (Phi) is 5.41. The van der Waals surface area contributed by atoms with Crippen LogP contribution in [0.1, 0.15) is 6.92 Å². The lowest BCUT2D eigenvalue weighted by Gasteiger charge is -2.16. The van der Waals surface area contributed by atoms with Crippen LogP contribution >= 0.6 is 11.6 Å². The van der Waals surface area contributed by atoms with E-state index in [0.717, 1.165) is 16.5 Å². The van der Waals surface area contributed by atoms with Crippen LogP contribution in [0.4, 0.5) is 11.5 Å². The van der Waals surface area contributed by atoms with Gasteiger partial charge >= 0.3 is 0 Å². The third-order valence-corrected chi connectivity index (χ3v) is 4.22. The summed E-state index contributed by atoms with van der Waals surface area (Å²) in [7, 11) is 0. The fourth-order valence-electron chi connectivity index (χ4n) is 2.52. The molecule has 9 heteroatoms. The van der Waals surface area contributed by atoms with Gasteiger partial charge in [0.15, 0.2) is 0 Å². The van der Waals surface area contributed by atoms with Crippen LogP contribution in [0.15, 0.2) is 42.5 Å². The number of rotatable bonds is 5. The molecule has 0 unspecified atom stereocenters. The minimum absolute atomic E-state index is 0.0877. The van der Waals surface area contributed by atoms with Crippen molar-refractivity contribution in [1.82, 2.24) is 15.4 Å². The topological polar surface area (TPSA) is 139 Å². The van der Waals surface area contributed by atoms with Gasteiger partial charge in [0.05, 0.1) is 17.3 Å². The van der Waals surface area contributed by atoms with Gasteiger partial charge in [-0.25, -0.2) is 9.97 Å². The molecule has 3 rings (SSSR count). The first kappa shape index (κ1) is 18.8. The number of carbonyl (C=O) groups is 1. The predicted molar refractivity (Wildman–Crippen MR) is 106 cm³/mol. The van der Waals surface area contributed by atoms with Gasteiger partial charge in [0.25, 0.3) is 5.91 Å². The maximum atomic E-state index is 11.8. The van der Waals surface area contributed by atoms with E-state index in [0.29, 0.717) is 17.0 Å². The Bertz CT molecular complexity index is 995. The van der Waals surface area contributed by atoms with Crippen molar-refractivity contribution in [2.45, 2.75) is 19.1 Å². The van der Waals surface area contributed by atoms with Gasteiger partial charge < -0.3 is 16.6 Å². The molecular formula is C18H19ClN6O2. The maximum absolute atomic E-state index is 11.8. The van der Waals surface area contributed by atoms with Gasteiger partial charge in [-0.3, -0.25) is 15.6 Å². The van der Waals surface area contributed by atoms with Crippen molar-refractivity contribution in [2.75, 3.05) is 11.2 Å². The molecule has 0 bridgehead atoms. The van der Waals surface area contributed by atoms with E-state index in [9.17, 15) is 9.90 Å². The van der Waals surface area contributed by atoms with E-state index in [1.807, 2.05) is 36.4 Å². The highest BCUT2D eigenvalue weighted by Gasteiger charge is 2.18. The van der Waals surface area contributed by atoms with Crippen molar-refractivity contribution in [2.24, 2.45) is 5.73 Å². The second-order valence-electron chi connectivity index (χ2n) is 6.07. The summed E-state index contributed by atoms with van der Waals surface area (Å²) in [5, 5.41) is 10.2. The number of anilines is 2. The summed E-state index contributed by atoms with van der Waals surface area (Å²) in [6.07, 6.45) is -0.947. The van der Waals surface area contributed by atoms with Crippen LogP contribution in [0.5, 0.6) is 0 Å². The molecule has 0 saturated carbocycles. The fraction of sp³-hybridized carbons (Fsp3) is 0.167. The molecule has 0 aliphatic carbocycles. The van der Waals surface area contributed by atoms with Crippen molar-refractivity contribution in [3.05, 3.63) is 47.7 Å². The summed E-state index contributed by atoms with van der Waals surface area (Å²) in [5.41, 5.74) is 19.8. The molecule has 0 aliphatic heterocycles. The fourth-order valence-corrected chi connectivity index (χ4v) is 2.70. The van der Waals surface area contributed by atoms with Crippen LogP contribution in [0.2, 0.25) is 5.28 Å². The third kappa shape index (κ3) is 4.25. The van der Waals surface area contributed by atoms with E-state index in [2.05, 4.69) is 20.8 Å². The zero-order valence-electron chi connectivity index (χ0n) is 14.5. The number of aromatic nitrogens is 2. The molecule has 8 nitrogen and oxygen atoms in total. The molecule has 2 aromatic carbocycles. The van der Waals surface area contributed by atoms with Gasteiger partial charge in [0.1, 0.15) is 11.9 Å². The quantitative estimate of drug-likeness (QED) is 0.332. The number of nitrogens with one attached hydrogen (secondary N) is 2. The molecule has 140 valence electrons. The van der Waals surface area contributed by atoms with Crippen molar-refractivity contribution in [1.29, 1.82) is 0 Å². The Balaban J connectivity index is 1.83. The van der Waals surface area contributed by atoms with Crippen molar-refractivity contribution >= 4 is 39.9 Å². The summed E-state index contributed by atoms with van der Waals surface area (Å²) in [5.74, 6) is -0.188. The standard InChI is InChI=1S/C18H19ClN6O2/c1-9(26)15(20)17(27)25-24-12-4-2-3-10(7-12)11-5-6-13-14(8-11)22-18(19)23-16(13)21/h2-9,15,24,26H,20H2,1H3,(H,25,27)(H2,21,22,23)/t9-,15+/m1/s1. The van der Waals surface area contributed by atoms with Crippen molar-refractivity contribution in [3.63, 3.8) is 0 Å². The molecule has 0 aliphatic rings. The molecule has 1 aromatic heterocycles. The average molecular weight is 387 g/mol. The number of fused-ring (bicyclic) bond motifs is 1. The zero-order valence-corrected chi connectivity index (χ0v) is 15.2. The van der Waals surface area contributed by atoms with Gasteiger partial charge in [-0.1, -0.05) is 18.2 Å². The van der Waals surface area contributed by atoms with E-state index in [1.165, 1.54) is 6.92 Å². The number of hydrazine groups is 1. The largest absolute Gasteiger partial charge is 0.391 e. The van der Waals surface area contributed by atoms with E-state index in [4.69, 9.17) is 23.1 Å². The number of aliphatic hydroxyl groups excluding tert-OH is 1. The van der Waals surface area contributed by atoms with Gasteiger partial charge in [-0.15, -0.1) is 0 Å². The molecule has 0 fully saturated rings. The Morgan fingerprint density at radius 1 is 1.19 bits per heavy atom. The summed E-state index contributed by atoms with van der Waals surface area (Å²) in [6, 6.07) is 12.0. The highest BCUT2D eigenvalue weighted by Crippen LogP contribution is 2.28. The lowest BCUT2D eigenvalue weighted by atomic mass is 10.0. The Morgan fingerprint density at radius 3 is 2.67 bits per heavy atom. The SMILES string of the molecule is C[C@@H](O)[C@H](N)C(=O)NNc1cccc(-c2ccc3c(N)nc(Cl)nc3c2)c1. The van der Waals surface area contributed by atoms with E-state index in [1.54, 1.807) is 6.07 Å². The smallest absolute Gasteiger partial charge is 0.257 e. The zero-order chi connectivity index (χ0) is 19.6. The molecule has 0 radical (unpaired) electrons. The van der Waals surface area contributed by atoms with Gasteiger partial charge in [-0.05, 0) is 53.9 Å². The second kappa shape index (κ2) is 7.75. The summed E-state index contributed by atoms with van der Waals surface area (Å²) >= 11 is 5.89. The number of amides is 1. The predicted octanol–water partition coefficient (Wildman–Crippen LogP) is 1.68. The van der Waals surface area contributed by atoms with Crippen LogP contribution in [0, 0.1) is 0 Å². The Morgan fingerprint density at radius 2 is 1.93 bits per heavy atom. The summed E-state index contributed by atoms with van der Waals surface area (Å²) < 4.78 is 0. The molecule has 1 heterocycles. The second-order valence-corrected chi connectivity index (χ2v) is 6.41. The van der Waals surface area contributed by atoms with Crippen LogP contribution < -0.4 is 22.3 Å². The summed E-state index contributed by atoms with van der Waals surface area (Å²) in [4.78, 5) is 20.0. The number of nitrogens with two attached hydrogens (primary N) is 2. The van der Waals surface area contributed by atoms with E-state index in [-0.39, 0.29) is 5.28 Å². The van der Waals surface area contributed by atoms with Crippen LogP contribution in [-0.2, 0) is 4.79 Å². The number of aliphatic hydroxyl groups is 1. The molecule has 0 spiro atoms. The molecule has 2 atom stereocenters. The van der Waals surface area contributed by atoms with Crippen LogP contribution in [0.25, 0.3) is 22.0 Å². The lowest BCUT2D eigenvalue weighted by Crippen LogP contribution is -2.48. The van der Waals surface area contributed by atoms with Crippen LogP contribution in [-0.4, -0.2) is 33.1 Å². The first-order valence-electron chi connectivity index (χ1n) is 8.18. The normalized spacial score (nSPS) is 13.2. The molecule has 7 N–H and O–H groups in total. The third-order valence-electron chi connectivity index (χ3n) is 4.05. The number of halogens is 1. The number of nitrogen functional groups attached to an aromatic ring is 1. The number of hydrogen-bond donors (Lipinski definition) is 5. The lowest BCUT2D eigenvalue weighted by molar-refractivity contribution is -0.123. The van der Waals surface area contributed by atoms with Crippen molar-refractivity contribution < 1.29 is 9.90 Å². The van der Waals surface area contributed by atoms with Gasteiger partial charge in [0.2, 0.25) is 5.28 Å². The minimum atomic E-state index is -1.02. The molecule has 3 aromatic rings. The Hall–Kier alpha value is -2.94. The molecule has 1 amide bonds. The van der Waals surface area contributed by atoms with Crippen LogP contribution in [0.3, 0.4) is 0 Å². The number of hydrogen-bond acceptors (Lipinski definition) is 7. The molecular weight excluding hydrogens is 368 g/mol. The number of nitrogens with zero attached hydrogens (tertiary/aromatic N) is 2. The Labute approximate surface area is 160 Å². The van der Waals surface area contributed by atoms with Gasteiger partial charge in [0, 0.05) is 5.39 Å². The monoisotopic (exact) mass is 386 g/mol. The maximum Gasteiger partial charge on any atom is 0.257 e. The first-order chi connectivity index (χ1) is 12.8. The van der Waals surface area contributed by atoms with E-state index >= 15 is 0 Å². The van der Waals surface area contributed by atoms with Gasteiger partial charge in [-0.2, -0.15) is 0 Å². The first-order valence-corrected chi connectivity index (χ1v) is 8.55. The number of benzene rings is 2. The highest BCUT2D eigenvalue weighted by atomic mass is 35.5.